The summed E-state index contributed by atoms with van der Waals surface area (Å²) in [6.45, 7) is 2.33. The Kier molecular flexibility index (Phi) is 5.96. The van der Waals surface area contributed by atoms with Gasteiger partial charge >= 0.3 is 0 Å². The van der Waals surface area contributed by atoms with E-state index >= 15 is 0 Å². The lowest BCUT2D eigenvalue weighted by Gasteiger charge is -2.19. The zero-order valence-electron chi connectivity index (χ0n) is 14.6. The molecule has 0 aliphatic carbocycles. The number of hydrogen-bond acceptors (Lipinski definition) is 2. The van der Waals surface area contributed by atoms with Crippen LogP contribution in [0.15, 0.2) is 60.8 Å². The average Bonchev–Trinajstić information content (AvgIpc) is 3.33. The summed E-state index contributed by atoms with van der Waals surface area (Å²) in [4.78, 5) is 15.8. The third-order valence-electron chi connectivity index (χ3n) is 5.11. The van der Waals surface area contributed by atoms with E-state index < -0.39 is 0 Å². The topological polar surface area (TPSA) is 56.9 Å². The Hall–Kier alpha value is -2.30. The maximum absolute atomic E-state index is 12.5. The first-order valence-electron chi connectivity index (χ1n) is 8.92. The van der Waals surface area contributed by atoms with Gasteiger partial charge in [-0.05, 0) is 30.2 Å². The van der Waals surface area contributed by atoms with Crippen molar-refractivity contribution in [2.24, 2.45) is 5.92 Å². The number of H-pyrrole nitrogens is 1. The van der Waals surface area contributed by atoms with Crippen LogP contribution in [-0.4, -0.2) is 30.5 Å². The van der Waals surface area contributed by atoms with Crippen molar-refractivity contribution in [1.29, 1.82) is 0 Å². The van der Waals surface area contributed by atoms with Gasteiger partial charge in [-0.25, -0.2) is 0 Å². The molecule has 3 N–H and O–H groups in total. The van der Waals surface area contributed by atoms with E-state index in [9.17, 15) is 4.79 Å². The molecule has 0 spiro atoms. The van der Waals surface area contributed by atoms with E-state index in [0.717, 1.165) is 25.0 Å². The van der Waals surface area contributed by atoms with Crippen LogP contribution in [-0.2, 0) is 4.79 Å². The van der Waals surface area contributed by atoms with Gasteiger partial charge in [0.1, 0.15) is 0 Å². The minimum absolute atomic E-state index is 0. The summed E-state index contributed by atoms with van der Waals surface area (Å²) in [6.07, 6.45) is 3.00. The fourth-order valence-electron chi connectivity index (χ4n) is 3.70. The molecule has 1 saturated heterocycles. The van der Waals surface area contributed by atoms with Crippen LogP contribution in [0, 0.1) is 5.92 Å². The number of para-hydroxylation sites is 1. The van der Waals surface area contributed by atoms with E-state index in [-0.39, 0.29) is 30.2 Å². The number of nitrogens with one attached hydrogen (secondary N) is 3. The molecule has 0 radical (unpaired) electrons. The number of hydrogen-bond donors (Lipinski definition) is 3. The predicted molar refractivity (Wildman–Crippen MR) is 108 cm³/mol. The van der Waals surface area contributed by atoms with Crippen molar-refractivity contribution in [3.63, 3.8) is 0 Å². The van der Waals surface area contributed by atoms with Crippen LogP contribution in [0.2, 0.25) is 0 Å². The smallest absolute Gasteiger partial charge is 0.224 e. The van der Waals surface area contributed by atoms with Gasteiger partial charge in [-0.15, -0.1) is 12.4 Å². The Morgan fingerprint density at radius 2 is 1.88 bits per heavy atom. The highest BCUT2D eigenvalue weighted by atomic mass is 35.5. The van der Waals surface area contributed by atoms with Crippen LogP contribution in [0.5, 0.6) is 0 Å². The molecular weight excluding hydrogens is 346 g/mol. The summed E-state index contributed by atoms with van der Waals surface area (Å²) in [5.74, 6) is 0.390. The number of aromatic nitrogens is 1. The van der Waals surface area contributed by atoms with Crippen molar-refractivity contribution in [2.45, 2.75) is 12.3 Å². The highest BCUT2D eigenvalue weighted by molar-refractivity contribution is 5.85. The van der Waals surface area contributed by atoms with E-state index in [1.54, 1.807) is 0 Å². The van der Waals surface area contributed by atoms with Gasteiger partial charge in [-0.1, -0.05) is 48.5 Å². The minimum atomic E-state index is 0. The molecular formula is C21H24ClN3O. The molecule has 26 heavy (non-hydrogen) atoms. The third-order valence-corrected chi connectivity index (χ3v) is 5.11. The number of carbonyl (C=O) groups is 1. The standard InChI is InChI=1S/C21H23N3O.ClH/c25-21(16-10-11-22-12-16)24-13-18(15-6-2-1-3-7-15)19-14-23-20-9-5-4-8-17(19)20;/h1-9,14,16,18,22-23H,10-13H2,(H,24,25);1H. The van der Waals surface area contributed by atoms with Crippen LogP contribution in [0.25, 0.3) is 10.9 Å². The molecule has 1 fully saturated rings. The van der Waals surface area contributed by atoms with E-state index in [1.807, 2.05) is 12.1 Å². The van der Waals surface area contributed by atoms with Crippen molar-refractivity contribution in [3.05, 3.63) is 71.9 Å². The van der Waals surface area contributed by atoms with Crippen LogP contribution in [0.4, 0.5) is 0 Å². The molecule has 1 aliphatic heterocycles. The lowest BCUT2D eigenvalue weighted by molar-refractivity contribution is -0.124. The Bertz CT molecular complexity index is 856. The predicted octanol–water partition coefficient (Wildman–Crippen LogP) is 3.45. The lowest BCUT2D eigenvalue weighted by Crippen LogP contribution is -2.35. The normalized spacial score (nSPS) is 17.6. The van der Waals surface area contributed by atoms with E-state index in [1.165, 1.54) is 16.5 Å². The van der Waals surface area contributed by atoms with Crippen molar-refractivity contribution >= 4 is 29.2 Å². The second-order valence-corrected chi connectivity index (χ2v) is 6.69. The molecule has 1 aliphatic rings. The van der Waals surface area contributed by atoms with Gasteiger partial charge in [0.05, 0.1) is 5.92 Å². The zero-order valence-corrected chi connectivity index (χ0v) is 15.4. The summed E-state index contributed by atoms with van der Waals surface area (Å²) < 4.78 is 0. The van der Waals surface area contributed by atoms with Crippen LogP contribution >= 0.6 is 12.4 Å². The van der Waals surface area contributed by atoms with Crippen LogP contribution in [0.3, 0.4) is 0 Å². The van der Waals surface area contributed by atoms with E-state index in [0.29, 0.717) is 6.54 Å². The number of rotatable bonds is 5. The Morgan fingerprint density at radius 1 is 1.12 bits per heavy atom. The number of aromatic amines is 1. The van der Waals surface area contributed by atoms with E-state index in [2.05, 4.69) is 64.3 Å². The number of halogens is 1. The molecule has 2 atom stereocenters. The van der Waals surface area contributed by atoms with Crippen LogP contribution in [0.1, 0.15) is 23.5 Å². The van der Waals surface area contributed by atoms with Gasteiger partial charge in [0.25, 0.3) is 0 Å². The molecule has 1 amide bonds. The summed E-state index contributed by atoms with van der Waals surface area (Å²) in [5.41, 5.74) is 3.58. The van der Waals surface area contributed by atoms with Crippen LogP contribution < -0.4 is 10.6 Å². The third kappa shape index (κ3) is 3.76. The second-order valence-electron chi connectivity index (χ2n) is 6.69. The van der Waals surface area contributed by atoms with E-state index in [4.69, 9.17) is 0 Å². The highest BCUT2D eigenvalue weighted by Crippen LogP contribution is 2.30. The first kappa shape index (κ1) is 18.5. The second kappa shape index (κ2) is 8.39. The summed E-state index contributed by atoms with van der Waals surface area (Å²) in [5, 5.41) is 7.66. The Labute approximate surface area is 159 Å². The molecule has 3 aromatic rings. The van der Waals surface area contributed by atoms with Crippen molar-refractivity contribution in [2.75, 3.05) is 19.6 Å². The number of fused-ring (bicyclic) bond motifs is 1. The fraction of sp³-hybridized carbons (Fsp3) is 0.286. The molecule has 0 bridgehead atoms. The maximum Gasteiger partial charge on any atom is 0.224 e. The number of amides is 1. The van der Waals surface area contributed by atoms with Crippen molar-refractivity contribution < 1.29 is 4.79 Å². The van der Waals surface area contributed by atoms with Gasteiger partial charge in [-0.2, -0.15) is 0 Å². The molecule has 4 nitrogen and oxygen atoms in total. The van der Waals surface area contributed by atoms with Gasteiger partial charge in [0.15, 0.2) is 0 Å². The number of benzene rings is 2. The minimum Gasteiger partial charge on any atom is -0.361 e. The molecule has 5 heteroatoms. The van der Waals surface area contributed by atoms with Gasteiger partial charge in [0, 0.05) is 36.1 Å². The first-order valence-corrected chi connectivity index (χ1v) is 8.92. The first-order chi connectivity index (χ1) is 12.3. The molecule has 4 rings (SSSR count). The monoisotopic (exact) mass is 369 g/mol. The van der Waals surface area contributed by atoms with Gasteiger partial charge in [-0.3, -0.25) is 4.79 Å². The van der Waals surface area contributed by atoms with Gasteiger partial charge < -0.3 is 15.6 Å². The largest absolute Gasteiger partial charge is 0.361 e. The Morgan fingerprint density at radius 3 is 2.65 bits per heavy atom. The zero-order chi connectivity index (χ0) is 17.1. The maximum atomic E-state index is 12.5. The molecule has 136 valence electrons. The quantitative estimate of drug-likeness (QED) is 0.645. The molecule has 1 aromatic heterocycles. The summed E-state index contributed by atoms with van der Waals surface area (Å²) >= 11 is 0. The molecule has 2 heterocycles. The fourth-order valence-corrected chi connectivity index (χ4v) is 3.70. The molecule has 0 saturated carbocycles. The average molecular weight is 370 g/mol. The Balaban J connectivity index is 0.00000196. The summed E-state index contributed by atoms with van der Waals surface area (Å²) in [7, 11) is 0. The number of carbonyl (C=O) groups excluding carboxylic acids is 1. The highest BCUT2D eigenvalue weighted by Gasteiger charge is 2.24. The molecule has 2 aromatic carbocycles. The summed E-state index contributed by atoms with van der Waals surface area (Å²) in [6, 6.07) is 18.7. The molecule has 2 unspecified atom stereocenters. The SMILES string of the molecule is Cl.O=C(NCC(c1ccccc1)c1c[nH]c2ccccc12)C1CCNC1. The van der Waals surface area contributed by atoms with Crippen molar-refractivity contribution in [1.82, 2.24) is 15.6 Å². The lowest BCUT2D eigenvalue weighted by atomic mass is 9.90. The van der Waals surface area contributed by atoms with Gasteiger partial charge in [0.2, 0.25) is 5.91 Å². The van der Waals surface area contributed by atoms with Crippen molar-refractivity contribution in [3.8, 4) is 0 Å².